The molecular formula is C13H29NO. The standard InChI is InChI=1S/C8H17NO.C5H12/c1-8(2,3)9-4-6-10-7-5-9;1-5(2,3)4/h4-7H2,1-3H3;1-4H3. The molecule has 0 N–H and O–H groups in total. The first-order valence-corrected chi connectivity index (χ1v) is 5.93. The SMILES string of the molecule is CC(C)(C)C.CC(C)(C)N1CCOCC1. The summed E-state index contributed by atoms with van der Waals surface area (Å²) < 4.78 is 5.25. The molecule has 1 saturated heterocycles. The zero-order chi connectivity index (χ0) is 12.1. The Kier molecular flexibility index (Phi) is 5.82. The monoisotopic (exact) mass is 215 g/mol. The third-order valence-corrected chi connectivity index (χ3v) is 1.96. The molecule has 0 bridgehead atoms. The van der Waals surface area contributed by atoms with Crippen molar-refractivity contribution >= 4 is 0 Å². The van der Waals surface area contributed by atoms with E-state index in [1.807, 2.05) is 0 Å². The Morgan fingerprint density at radius 3 is 1.33 bits per heavy atom. The van der Waals surface area contributed by atoms with Crippen molar-refractivity contribution < 1.29 is 4.74 Å². The van der Waals surface area contributed by atoms with Crippen LogP contribution in [0.1, 0.15) is 48.5 Å². The first-order valence-electron chi connectivity index (χ1n) is 5.93. The molecule has 0 aromatic carbocycles. The van der Waals surface area contributed by atoms with E-state index in [0.717, 1.165) is 26.3 Å². The van der Waals surface area contributed by atoms with Crippen molar-refractivity contribution in [2.45, 2.75) is 54.0 Å². The van der Waals surface area contributed by atoms with Crippen molar-refractivity contribution in [2.24, 2.45) is 5.41 Å². The molecular weight excluding hydrogens is 186 g/mol. The fourth-order valence-electron chi connectivity index (χ4n) is 1.23. The lowest BCUT2D eigenvalue weighted by molar-refractivity contribution is -0.00389. The highest BCUT2D eigenvalue weighted by molar-refractivity contribution is 4.77. The highest BCUT2D eigenvalue weighted by Crippen LogP contribution is 2.13. The summed E-state index contributed by atoms with van der Waals surface area (Å²) in [4.78, 5) is 2.45. The first-order chi connectivity index (χ1) is 6.61. The molecule has 2 nitrogen and oxygen atoms in total. The molecule has 0 atom stereocenters. The Hall–Kier alpha value is -0.0800. The van der Waals surface area contributed by atoms with Crippen LogP contribution in [0.25, 0.3) is 0 Å². The second-order valence-corrected chi connectivity index (χ2v) is 6.77. The van der Waals surface area contributed by atoms with Crippen molar-refractivity contribution in [1.29, 1.82) is 0 Å². The summed E-state index contributed by atoms with van der Waals surface area (Å²) in [6.45, 7) is 19.5. The molecule has 1 heterocycles. The molecule has 2 heteroatoms. The lowest BCUT2D eigenvalue weighted by Crippen LogP contribution is -2.47. The quantitative estimate of drug-likeness (QED) is 0.615. The van der Waals surface area contributed by atoms with Crippen LogP contribution < -0.4 is 0 Å². The minimum Gasteiger partial charge on any atom is -0.379 e. The van der Waals surface area contributed by atoms with Crippen LogP contribution in [0.5, 0.6) is 0 Å². The average Bonchev–Trinajstić information content (AvgIpc) is 2.01. The van der Waals surface area contributed by atoms with E-state index >= 15 is 0 Å². The summed E-state index contributed by atoms with van der Waals surface area (Å²) in [5.74, 6) is 0. The molecule has 0 spiro atoms. The minimum atomic E-state index is 0.323. The molecule has 0 aromatic rings. The van der Waals surface area contributed by atoms with Crippen LogP contribution in [0.15, 0.2) is 0 Å². The van der Waals surface area contributed by atoms with Crippen LogP contribution in [0.2, 0.25) is 0 Å². The first kappa shape index (κ1) is 14.9. The van der Waals surface area contributed by atoms with Gasteiger partial charge in [0, 0.05) is 18.6 Å². The van der Waals surface area contributed by atoms with E-state index in [4.69, 9.17) is 4.74 Å². The summed E-state index contributed by atoms with van der Waals surface area (Å²) in [6.07, 6.45) is 0. The van der Waals surface area contributed by atoms with Crippen molar-refractivity contribution in [1.82, 2.24) is 4.90 Å². The molecule has 1 aliphatic heterocycles. The van der Waals surface area contributed by atoms with E-state index < -0.39 is 0 Å². The fraction of sp³-hybridized carbons (Fsp3) is 1.00. The molecule has 1 fully saturated rings. The van der Waals surface area contributed by atoms with Gasteiger partial charge in [-0.3, -0.25) is 4.90 Å². The summed E-state index contributed by atoms with van der Waals surface area (Å²) in [5.41, 5.74) is 0.823. The van der Waals surface area contributed by atoms with Gasteiger partial charge >= 0.3 is 0 Å². The van der Waals surface area contributed by atoms with Gasteiger partial charge in [0.05, 0.1) is 13.2 Å². The summed E-state index contributed by atoms with van der Waals surface area (Å²) >= 11 is 0. The Balaban J connectivity index is 0.000000336. The Bertz CT molecular complexity index is 152. The predicted octanol–water partition coefficient (Wildman–Crippen LogP) is 3.17. The summed E-state index contributed by atoms with van der Waals surface area (Å²) in [7, 11) is 0. The van der Waals surface area contributed by atoms with Crippen LogP contribution in [-0.4, -0.2) is 36.7 Å². The van der Waals surface area contributed by atoms with E-state index in [1.54, 1.807) is 0 Å². The Morgan fingerprint density at radius 1 is 0.800 bits per heavy atom. The molecule has 1 rings (SSSR count). The van der Waals surface area contributed by atoms with Gasteiger partial charge in [-0.25, -0.2) is 0 Å². The van der Waals surface area contributed by atoms with Gasteiger partial charge in [-0.2, -0.15) is 0 Å². The average molecular weight is 215 g/mol. The molecule has 15 heavy (non-hydrogen) atoms. The van der Waals surface area contributed by atoms with Crippen LogP contribution in [0.4, 0.5) is 0 Å². The maximum Gasteiger partial charge on any atom is 0.0594 e. The number of hydrogen-bond acceptors (Lipinski definition) is 2. The second kappa shape index (κ2) is 5.86. The highest BCUT2D eigenvalue weighted by Gasteiger charge is 2.22. The highest BCUT2D eigenvalue weighted by atomic mass is 16.5. The molecule has 92 valence electrons. The van der Waals surface area contributed by atoms with Crippen molar-refractivity contribution in [3.8, 4) is 0 Å². The maximum absolute atomic E-state index is 5.25. The number of hydrogen-bond donors (Lipinski definition) is 0. The normalized spacial score (nSPS) is 19.4. The van der Waals surface area contributed by atoms with Gasteiger partial charge in [-0.05, 0) is 26.2 Å². The third-order valence-electron chi connectivity index (χ3n) is 1.96. The molecule has 1 aliphatic rings. The maximum atomic E-state index is 5.25. The van der Waals surface area contributed by atoms with Gasteiger partial charge in [-0.1, -0.05) is 27.7 Å². The molecule has 0 unspecified atom stereocenters. The summed E-state index contributed by atoms with van der Waals surface area (Å²) in [6, 6.07) is 0. The third kappa shape index (κ3) is 10.2. The zero-order valence-electron chi connectivity index (χ0n) is 11.7. The van der Waals surface area contributed by atoms with E-state index in [0.29, 0.717) is 11.0 Å². The topological polar surface area (TPSA) is 12.5 Å². The Morgan fingerprint density at radius 2 is 1.13 bits per heavy atom. The largest absolute Gasteiger partial charge is 0.379 e. The van der Waals surface area contributed by atoms with Gasteiger partial charge in [0.25, 0.3) is 0 Å². The number of nitrogens with zero attached hydrogens (tertiary/aromatic N) is 1. The number of rotatable bonds is 0. The lowest BCUT2D eigenvalue weighted by atomic mass is 10.0. The fourth-order valence-corrected chi connectivity index (χ4v) is 1.23. The molecule has 0 amide bonds. The van der Waals surface area contributed by atoms with Crippen molar-refractivity contribution in [2.75, 3.05) is 26.3 Å². The summed E-state index contributed by atoms with van der Waals surface area (Å²) in [5, 5.41) is 0. The van der Waals surface area contributed by atoms with Crippen molar-refractivity contribution in [3.05, 3.63) is 0 Å². The van der Waals surface area contributed by atoms with Crippen molar-refractivity contribution in [3.63, 3.8) is 0 Å². The van der Waals surface area contributed by atoms with Gasteiger partial charge in [0.2, 0.25) is 0 Å². The minimum absolute atomic E-state index is 0.323. The lowest BCUT2D eigenvalue weighted by Gasteiger charge is -2.38. The van der Waals surface area contributed by atoms with Gasteiger partial charge < -0.3 is 4.74 Å². The Labute approximate surface area is 96.0 Å². The van der Waals surface area contributed by atoms with Crippen LogP contribution in [-0.2, 0) is 4.74 Å². The second-order valence-electron chi connectivity index (χ2n) is 6.77. The smallest absolute Gasteiger partial charge is 0.0594 e. The zero-order valence-corrected chi connectivity index (χ0v) is 11.7. The van der Waals surface area contributed by atoms with Crippen LogP contribution >= 0.6 is 0 Å². The van der Waals surface area contributed by atoms with Crippen LogP contribution in [0, 0.1) is 5.41 Å². The molecule has 0 aromatic heterocycles. The van der Waals surface area contributed by atoms with Gasteiger partial charge in [0.15, 0.2) is 0 Å². The van der Waals surface area contributed by atoms with E-state index in [2.05, 4.69) is 53.4 Å². The van der Waals surface area contributed by atoms with E-state index in [1.165, 1.54) is 0 Å². The van der Waals surface area contributed by atoms with Gasteiger partial charge in [-0.15, -0.1) is 0 Å². The van der Waals surface area contributed by atoms with E-state index in [-0.39, 0.29) is 0 Å². The molecule has 0 aliphatic carbocycles. The number of ether oxygens (including phenoxy) is 1. The molecule has 0 radical (unpaired) electrons. The van der Waals surface area contributed by atoms with Crippen LogP contribution in [0.3, 0.4) is 0 Å². The molecule has 0 saturated carbocycles. The van der Waals surface area contributed by atoms with Gasteiger partial charge in [0.1, 0.15) is 0 Å². The van der Waals surface area contributed by atoms with E-state index in [9.17, 15) is 0 Å². The predicted molar refractivity (Wildman–Crippen MR) is 67.3 cm³/mol. The number of morpholine rings is 1.